The molecule has 228 valence electrons. The van der Waals surface area contributed by atoms with Gasteiger partial charge in [0.05, 0.1) is 0 Å². The van der Waals surface area contributed by atoms with Crippen LogP contribution >= 0.6 is 0 Å². The van der Waals surface area contributed by atoms with Crippen molar-refractivity contribution in [2.24, 2.45) is 5.73 Å². The summed E-state index contributed by atoms with van der Waals surface area (Å²) in [5, 5.41) is 1.97. The van der Waals surface area contributed by atoms with E-state index in [9.17, 15) is 79.4 Å². The topological polar surface area (TPSA) is 64.3 Å². The predicted octanol–water partition coefficient (Wildman–Crippen LogP) is 6.63. The minimum absolute atomic E-state index is 0.0443. The quantitative estimate of drug-likeness (QED) is 0.183. The summed E-state index contributed by atoms with van der Waals surface area (Å²) in [6.45, 7) is 1.28. The van der Waals surface area contributed by atoms with Crippen LogP contribution < -0.4 is 11.1 Å². The van der Waals surface area contributed by atoms with E-state index in [4.69, 9.17) is 5.73 Å². The minimum Gasteiger partial charge on any atom is -0.444 e. The molecule has 0 rings (SSSR count). The van der Waals surface area contributed by atoms with Crippen LogP contribution in [0.4, 0.5) is 79.4 Å². The second kappa shape index (κ2) is 10.5. The van der Waals surface area contributed by atoms with E-state index in [1.54, 1.807) is 0 Å². The largest absolute Gasteiger partial charge is 0.460 e. The SMILES string of the molecule is CC(C)(CCC(F)(F)C(F)(F)C(F)(F)C(F)(F)C(F)(F)C(F)(F)C(F)(F)C(F)(F)F)OC(=O)NCCCN. The van der Waals surface area contributed by atoms with Gasteiger partial charge in [0, 0.05) is 13.0 Å². The van der Waals surface area contributed by atoms with Crippen LogP contribution in [0.25, 0.3) is 0 Å². The molecular formula is C17H19F17N2O2. The van der Waals surface area contributed by atoms with Gasteiger partial charge in [-0.05, 0) is 33.2 Å². The first kappa shape index (κ1) is 36.0. The summed E-state index contributed by atoms with van der Waals surface area (Å²) in [7, 11) is 0. The average molecular weight is 606 g/mol. The maximum atomic E-state index is 14.0. The summed E-state index contributed by atoms with van der Waals surface area (Å²) in [5.74, 6) is -56.7. The first-order valence-corrected chi connectivity index (χ1v) is 9.79. The first-order chi connectivity index (χ1) is 16.4. The second-order valence-electron chi connectivity index (χ2n) is 8.37. The van der Waals surface area contributed by atoms with Gasteiger partial charge in [0.25, 0.3) is 0 Å². The Bertz CT molecular complexity index is 824. The molecule has 0 bridgehead atoms. The Balaban J connectivity index is 6.18. The number of amides is 1. The van der Waals surface area contributed by atoms with Crippen molar-refractivity contribution in [1.29, 1.82) is 0 Å². The zero-order valence-electron chi connectivity index (χ0n) is 18.9. The number of alkyl halides is 17. The molecule has 0 heterocycles. The van der Waals surface area contributed by atoms with Crippen LogP contribution in [0.5, 0.6) is 0 Å². The van der Waals surface area contributed by atoms with Gasteiger partial charge < -0.3 is 15.8 Å². The third-order valence-electron chi connectivity index (χ3n) is 4.85. The normalized spacial score (nSPS) is 15.5. The van der Waals surface area contributed by atoms with Gasteiger partial charge in [0.1, 0.15) is 5.60 Å². The van der Waals surface area contributed by atoms with E-state index in [-0.39, 0.29) is 19.5 Å². The number of nitrogens with one attached hydrogen (secondary N) is 1. The lowest BCUT2D eigenvalue weighted by atomic mass is 9.87. The van der Waals surface area contributed by atoms with Gasteiger partial charge in [-0.3, -0.25) is 0 Å². The molecule has 1 amide bonds. The van der Waals surface area contributed by atoms with Crippen molar-refractivity contribution >= 4 is 6.09 Å². The number of carbonyl (C=O) groups excluding carboxylic acids is 1. The predicted molar refractivity (Wildman–Crippen MR) is 92.2 cm³/mol. The Morgan fingerprint density at radius 3 is 1.37 bits per heavy atom. The van der Waals surface area contributed by atoms with Gasteiger partial charge in [-0.2, -0.15) is 74.6 Å². The van der Waals surface area contributed by atoms with Crippen LogP contribution in [-0.4, -0.2) is 72.4 Å². The van der Waals surface area contributed by atoms with E-state index in [0.29, 0.717) is 13.8 Å². The van der Waals surface area contributed by atoms with Gasteiger partial charge in [0.15, 0.2) is 0 Å². The molecule has 0 saturated heterocycles. The molecule has 0 aromatic rings. The lowest BCUT2D eigenvalue weighted by molar-refractivity contribution is -0.462. The Kier molecular flexibility index (Phi) is 10.0. The van der Waals surface area contributed by atoms with E-state index >= 15 is 0 Å². The number of alkyl carbamates (subject to hydrolysis) is 1. The third-order valence-corrected chi connectivity index (χ3v) is 4.85. The molecule has 0 aromatic heterocycles. The van der Waals surface area contributed by atoms with Gasteiger partial charge in [-0.1, -0.05) is 0 Å². The van der Waals surface area contributed by atoms with Gasteiger partial charge >= 0.3 is 53.7 Å². The van der Waals surface area contributed by atoms with Crippen molar-refractivity contribution in [3.8, 4) is 0 Å². The maximum absolute atomic E-state index is 14.0. The smallest absolute Gasteiger partial charge is 0.444 e. The molecule has 0 saturated carbocycles. The molecule has 0 aliphatic rings. The lowest BCUT2D eigenvalue weighted by Gasteiger charge is -2.43. The van der Waals surface area contributed by atoms with Crippen molar-refractivity contribution in [3.63, 3.8) is 0 Å². The van der Waals surface area contributed by atoms with Crippen LogP contribution in [0.2, 0.25) is 0 Å². The van der Waals surface area contributed by atoms with Crippen LogP contribution in [0.3, 0.4) is 0 Å². The van der Waals surface area contributed by atoms with Crippen molar-refractivity contribution < 1.29 is 84.2 Å². The fourth-order valence-corrected chi connectivity index (χ4v) is 2.44. The highest BCUT2D eigenvalue weighted by atomic mass is 19.4. The van der Waals surface area contributed by atoms with E-state index in [0.717, 1.165) is 0 Å². The fraction of sp³-hybridized carbons (Fsp3) is 0.941. The number of hydrogen-bond acceptors (Lipinski definition) is 3. The molecule has 0 spiro atoms. The average Bonchev–Trinajstić information content (AvgIpc) is 2.70. The highest BCUT2D eigenvalue weighted by molar-refractivity contribution is 5.67. The molecule has 0 aromatic carbocycles. The number of halogens is 17. The molecule has 0 radical (unpaired) electrons. The summed E-state index contributed by atoms with van der Waals surface area (Å²) >= 11 is 0. The van der Waals surface area contributed by atoms with Gasteiger partial charge in [-0.25, -0.2) is 4.79 Å². The molecule has 21 heteroatoms. The highest BCUT2D eigenvalue weighted by Crippen LogP contribution is 2.64. The molecule has 38 heavy (non-hydrogen) atoms. The maximum Gasteiger partial charge on any atom is 0.460 e. The third kappa shape index (κ3) is 6.10. The Morgan fingerprint density at radius 1 is 0.632 bits per heavy atom. The van der Waals surface area contributed by atoms with Crippen LogP contribution in [0.15, 0.2) is 0 Å². The molecule has 0 aliphatic carbocycles. The van der Waals surface area contributed by atoms with Crippen LogP contribution in [0, 0.1) is 0 Å². The monoisotopic (exact) mass is 606 g/mol. The van der Waals surface area contributed by atoms with Crippen molar-refractivity contribution in [2.45, 2.75) is 86.3 Å². The Morgan fingerprint density at radius 2 is 1.00 bits per heavy atom. The standard InChI is InChI=1S/C17H19F17N2O2/c1-9(2,38-8(37)36-7-3-6-35)4-5-10(18,19)11(20,21)12(22,23)13(24,25)14(26,27)15(28,29)16(30,31)17(32,33)34/h3-7,35H2,1-2H3,(H,36,37). The molecule has 0 aliphatic heterocycles. The lowest BCUT2D eigenvalue weighted by Crippen LogP contribution is -2.74. The van der Waals surface area contributed by atoms with Crippen molar-refractivity contribution in [2.75, 3.05) is 13.1 Å². The number of carbonyl (C=O) groups is 1. The van der Waals surface area contributed by atoms with Crippen molar-refractivity contribution in [3.05, 3.63) is 0 Å². The van der Waals surface area contributed by atoms with Crippen LogP contribution in [-0.2, 0) is 4.74 Å². The zero-order chi connectivity index (χ0) is 31.0. The van der Waals surface area contributed by atoms with E-state index in [1.165, 1.54) is 0 Å². The molecule has 3 N–H and O–H groups in total. The summed E-state index contributed by atoms with van der Waals surface area (Å²) in [6, 6.07) is 0. The summed E-state index contributed by atoms with van der Waals surface area (Å²) in [4.78, 5) is 11.5. The van der Waals surface area contributed by atoms with Gasteiger partial charge in [-0.15, -0.1) is 0 Å². The number of rotatable bonds is 13. The molecule has 4 nitrogen and oxygen atoms in total. The number of nitrogens with two attached hydrogens (primary N) is 1. The molecule has 0 fully saturated rings. The van der Waals surface area contributed by atoms with E-state index < -0.39 is 72.2 Å². The Hall–Kier alpha value is -1.96. The van der Waals surface area contributed by atoms with Gasteiger partial charge in [0.2, 0.25) is 0 Å². The second-order valence-corrected chi connectivity index (χ2v) is 8.37. The molecular weight excluding hydrogens is 587 g/mol. The van der Waals surface area contributed by atoms with Crippen molar-refractivity contribution in [1.82, 2.24) is 5.32 Å². The molecule has 0 unspecified atom stereocenters. The number of hydrogen-bond donors (Lipinski definition) is 2. The summed E-state index contributed by atoms with van der Waals surface area (Å²) < 4.78 is 230. The Labute approximate surface area is 202 Å². The minimum atomic E-state index is -8.67. The highest BCUT2D eigenvalue weighted by Gasteiger charge is 2.95. The number of ether oxygens (including phenoxy) is 1. The van der Waals surface area contributed by atoms with E-state index in [2.05, 4.69) is 4.74 Å². The summed E-state index contributed by atoms with van der Waals surface area (Å²) in [6.07, 6.45) is -13.4. The fourth-order valence-electron chi connectivity index (χ4n) is 2.44. The zero-order valence-corrected chi connectivity index (χ0v) is 18.9. The summed E-state index contributed by atoms with van der Waals surface area (Å²) in [5.41, 5.74) is 2.82. The first-order valence-electron chi connectivity index (χ1n) is 9.79. The van der Waals surface area contributed by atoms with E-state index in [1.807, 2.05) is 5.32 Å². The molecule has 0 atom stereocenters. The van der Waals surface area contributed by atoms with Crippen LogP contribution in [0.1, 0.15) is 33.1 Å².